The highest BCUT2D eigenvalue weighted by Gasteiger charge is 2.14. The van der Waals surface area contributed by atoms with Crippen molar-refractivity contribution in [2.75, 3.05) is 44.6 Å². The van der Waals surface area contributed by atoms with Crippen molar-refractivity contribution in [1.82, 2.24) is 10.2 Å². The monoisotopic (exact) mass is 335 g/mol. The summed E-state index contributed by atoms with van der Waals surface area (Å²) in [5.74, 6) is 0.729. The molecule has 0 atom stereocenters. The fraction of sp³-hybridized carbons (Fsp3) is 0.500. The fourth-order valence-corrected chi connectivity index (χ4v) is 2.11. The molecule has 0 unspecified atom stereocenters. The molecule has 7 heteroatoms. The molecular weight excluding hydrogens is 313 g/mol. The molecule has 5 nitrogen and oxygen atoms in total. The van der Waals surface area contributed by atoms with E-state index in [0.29, 0.717) is 13.2 Å². The van der Waals surface area contributed by atoms with E-state index >= 15 is 0 Å². The molecule has 21 heavy (non-hydrogen) atoms. The van der Waals surface area contributed by atoms with Crippen molar-refractivity contribution in [1.29, 1.82) is 0 Å². The predicted molar refractivity (Wildman–Crippen MR) is 90.0 cm³/mol. The molecule has 120 valence electrons. The standard InChI is InChI=1S/C14H21N3O2.2ClH/c1-2-19-13-6-4-3-5-12(13)16-14(18)11-17-9-7-15-8-10-17;;/h3-6,15H,2,7-11H2,1H3,(H,16,18);2*1H. The molecule has 2 rings (SSSR count). The minimum absolute atomic E-state index is 0. The zero-order valence-corrected chi connectivity index (χ0v) is 13.8. The topological polar surface area (TPSA) is 53.6 Å². The molecule has 0 saturated carbocycles. The quantitative estimate of drug-likeness (QED) is 0.861. The van der Waals surface area contributed by atoms with E-state index in [4.69, 9.17) is 4.74 Å². The van der Waals surface area contributed by atoms with Gasteiger partial charge >= 0.3 is 0 Å². The van der Waals surface area contributed by atoms with Crippen LogP contribution in [-0.2, 0) is 4.79 Å². The van der Waals surface area contributed by atoms with Crippen molar-refractivity contribution in [2.24, 2.45) is 0 Å². The van der Waals surface area contributed by atoms with Crippen LogP contribution in [0.5, 0.6) is 5.75 Å². The molecule has 1 saturated heterocycles. The van der Waals surface area contributed by atoms with Crippen LogP contribution in [0, 0.1) is 0 Å². The first-order chi connectivity index (χ1) is 9.29. The molecule has 0 radical (unpaired) electrons. The van der Waals surface area contributed by atoms with Gasteiger partial charge in [-0.1, -0.05) is 12.1 Å². The summed E-state index contributed by atoms with van der Waals surface area (Å²) in [6.45, 7) is 6.68. The molecule has 1 amide bonds. The molecule has 0 bridgehead atoms. The van der Waals surface area contributed by atoms with Crippen molar-refractivity contribution in [3.63, 3.8) is 0 Å². The summed E-state index contributed by atoms with van der Waals surface area (Å²) in [5, 5.41) is 6.19. The number of carbonyl (C=O) groups excluding carboxylic acids is 1. The number of nitrogens with one attached hydrogen (secondary N) is 2. The fourth-order valence-electron chi connectivity index (χ4n) is 2.11. The number of carbonyl (C=O) groups is 1. The van der Waals surface area contributed by atoms with Gasteiger partial charge in [-0.15, -0.1) is 24.8 Å². The third-order valence-corrected chi connectivity index (χ3v) is 3.04. The lowest BCUT2D eigenvalue weighted by molar-refractivity contribution is -0.117. The van der Waals surface area contributed by atoms with E-state index < -0.39 is 0 Å². The molecule has 1 heterocycles. The van der Waals surface area contributed by atoms with Crippen LogP contribution >= 0.6 is 24.8 Å². The molecule has 1 fully saturated rings. The number of ether oxygens (including phenoxy) is 1. The third-order valence-electron chi connectivity index (χ3n) is 3.04. The van der Waals surface area contributed by atoms with Crippen LogP contribution in [0.3, 0.4) is 0 Å². The lowest BCUT2D eigenvalue weighted by Gasteiger charge is -2.26. The summed E-state index contributed by atoms with van der Waals surface area (Å²) in [6.07, 6.45) is 0. The van der Waals surface area contributed by atoms with Crippen molar-refractivity contribution in [2.45, 2.75) is 6.92 Å². The molecule has 1 aromatic carbocycles. The minimum atomic E-state index is 0. The Hall–Kier alpha value is -1.01. The number of halogens is 2. The number of amides is 1. The average Bonchev–Trinajstić information content (AvgIpc) is 2.42. The SMILES string of the molecule is CCOc1ccccc1NC(=O)CN1CCNCC1.Cl.Cl. The third kappa shape index (κ3) is 6.52. The lowest BCUT2D eigenvalue weighted by atomic mass is 10.3. The van der Waals surface area contributed by atoms with Crippen molar-refractivity contribution in [3.8, 4) is 5.75 Å². The van der Waals surface area contributed by atoms with Gasteiger partial charge in [0, 0.05) is 26.2 Å². The van der Waals surface area contributed by atoms with Crippen LogP contribution in [0.1, 0.15) is 6.92 Å². The maximum atomic E-state index is 12.0. The van der Waals surface area contributed by atoms with Gasteiger partial charge in [0.05, 0.1) is 18.8 Å². The minimum Gasteiger partial charge on any atom is -0.492 e. The van der Waals surface area contributed by atoms with E-state index in [0.717, 1.165) is 37.6 Å². The highest BCUT2D eigenvalue weighted by molar-refractivity contribution is 5.93. The van der Waals surface area contributed by atoms with E-state index in [2.05, 4.69) is 15.5 Å². The predicted octanol–water partition coefficient (Wildman–Crippen LogP) is 1.77. The van der Waals surface area contributed by atoms with Gasteiger partial charge in [-0.2, -0.15) is 0 Å². The van der Waals surface area contributed by atoms with Gasteiger partial charge in [0.25, 0.3) is 0 Å². The van der Waals surface area contributed by atoms with Crippen LogP contribution in [0.2, 0.25) is 0 Å². The van der Waals surface area contributed by atoms with Crippen LogP contribution in [0.25, 0.3) is 0 Å². The molecule has 1 aliphatic heterocycles. The number of anilines is 1. The second-order valence-electron chi connectivity index (χ2n) is 4.50. The molecule has 0 spiro atoms. The summed E-state index contributed by atoms with van der Waals surface area (Å²) < 4.78 is 5.49. The molecular formula is C14H23Cl2N3O2. The van der Waals surface area contributed by atoms with Crippen molar-refractivity contribution >= 4 is 36.4 Å². The first kappa shape index (κ1) is 20.0. The summed E-state index contributed by atoms with van der Waals surface area (Å²) in [7, 11) is 0. The van der Waals surface area contributed by atoms with Gasteiger partial charge in [-0.05, 0) is 19.1 Å². The van der Waals surface area contributed by atoms with Gasteiger partial charge in [0.15, 0.2) is 0 Å². The summed E-state index contributed by atoms with van der Waals surface area (Å²) in [6, 6.07) is 7.52. The Bertz CT molecular complexity index is 426. The number of piperazine rings is 1. The summed E-state index contributed by atoms with van der Waals surface area (Å²) in [5.41, 5.74) is 0.740. The molecule has 1 aliphatic rings. The van der Waals surface area contributed by atoms with Crippen molar-refractivity contribution < 1.29 is 9.53 Å². The highest BCUT2D eigenvalue weighted by atomic mass is 35.5. The maximum Gasteiger partial charge on any atom is 0.238 e. The van der Waals surface area contributed by atoms with Crippen LogP contribution in [0.4, 0.5) is 5.69 Å². The number of hydrogen-bond donors (Lipinski definition) is 2. The zero-order chi connectivity index (χ0) is 13.5. The van der Waals surface area contributed by atoms with Gasteiger partial charge < -0.3 is 15.4 Å². The number of hydrogen-bond acceptors (Lipinski definition) is 4. The van der Waals surface area contributed by atoms with E-state index in [1.807, 2.05) is 31.2 Å². The van der Waals surface area contributed by atoms with Gasteiger partial charge in [0.2, 0.25) is 5.91 Å². The van der Waals surface area contributed by atoms with Crippen molar-refractivity contribution in [3.05, 3.63) is 24.3 Å². The van der Waals surface area contributed by atoms with Crippen LogP contribution in [-0.4, -0.2) is 50.1 Å². The maximum absolute atomic E-state index is 12.0. The van der Waals surface area contributed by atoms with Crippen LogP contribution in [0.15, 0.2) is 24.3 Å². The number of benzene rings is 1. The number of para-hydroxylation sites is 2. The first-order valence-corrected chi connectivity index (χ1v) is 6.74. The molecule has 0 aliphatic carbocycles. The Morgan fingerprint density at radius 2 is 1.95 bits per heavy atom. The summed E-state index contributed by atoms with van der Waals surface area (Å²) >= 11 is 0. The highest BCUT2D eigenvalue weighted by Crippen LogP contribution is 2.23. The Kier molecular flexibility index (Phi) is 10.2. The first-order valence-electron chi connectivity index (χ1n) is 6.74. The van der Waals surface area contributed by atoms with E-state index in [-0.39, 0.29) is 30.7 Å². The van der Waals surface area contributed by atoms with E-state index in [9.17, 15) is 4.79 Å². The van der Waals surface area contributed by atoms with Crippen LogP contribution < -0.4 is 15.4 Å². The smallest absolute Gasteiger partial charge is 0.238 e. The molecule has 2 N–H and O–H groups in total. The number of rotatable bonds is 5. The van der Waals surface area contributed by atoms with Gasteiger partial charge in [0.1, 0.15) is 5.75 Å². The van der Waals surface area contributed by atoms with E-state index in [1.54, 1.807) is 0 Å². The molecule has 1 aromatic rings. The number of nitrogens with zero attached hydrogens (tertiary/aromatic N) is 1. The second-order valence-corrected chi connectivity index (χ2v) is 4.50. The Balaban J connectivity index is 0.00000200. The largest absolute Gasteiger partial charge is 0.492 e. The Labute approximate surface area is 138 Å². The lowest BCUT2D eigenvalue weighted by Crippen LogP contribution is -2.46. The zero-order valence-electron chi connectivity index (χ0n) is 12.1. The van der Waals surface area contributed by atoms with Gasteiger partial charge in [-0.3, -0.25) is 9.69 Å². The normalized spacial score (nSPS) is 14.5. The Morgan fingerprint density at radius 1 is 1.29 bits per heavy atom. The van der Waals surface area contributed by atoms with Gasteiger partial charge in [-0.25, -0.2) is 0 Å². The Morgan fingerprint density at radius 3 is 2.62 bits per heavy atom. The van der Waals surface area contributed by atoms with E-state index in [1.165, 1.54) is 0 Å². The molecule has 0 aromatic heterocycles. The second kappa shape index (κ2) is 10.7. The average molecular weight is 336 g/mol. The summed E-state index contributed by atoms with van der Waals surface area (Å²) in [4.78, 5) is 14.2.